The van der Waals surface area contributed by atoms with Gasteiger partial charge in [0.05, 0.1) is 16.3 Å². The second-order valence-corrected chi connectivity index (χ2v) is 13.7. The number of hydrogen-bond acceptors (Lipinski definition) is 4. The van der Waals surface area contributed by atoms with Crippen molar-refractivity contribution in [2.75, 3.05) is 18.0 Å². The van der Waals surface area contributed by atoms with E-state index in [-0.39, 0.29) is 5.04 Å². The second kappa shape index (κ2) is 5.48. The molecule has 0 aliphatic carbocycles. The molecule has 0 atom stereocenters. The number of benzene rings is 1. The highest BCUT2D eigenvalue weighted by Crippen LogP contribution is 2.39. The first kappa shape index (κ1) is 16.2. The van der Waals surface area contributed by atoms with Crippen molar-refractivity contribution in [2.24, 2.45) is 0 Å². The Bertz CT molecular complexity index is 689. The van der Waals surface area contributed by atoms with E-state index in [4.69, 9.17) is 21.0 Å². The van der Waals surface area contributed by atoms with Crippen molar-refractivity contribution < 1.29 is 4.43 Å². The normalized spacial score (nSPS) is 17.1. The lowest BCUT2D eigenvalue weighted by Gasteiger charge is -2.46. The van der Waals surface area contributed by atoms with Crippen LogP contribution < -0.4 is 4.90 Å². The summed E-state index contributed by atoms with van der Waals surface area (Å²) in [6.45, 7) is 13.4. The minimum absolute atomic E-state index is 0.264. The van der Waals surface area contributed by atoms with Gasteiger partial charge in [-0.25, -0.2) is 4.98 Å². The predicted octanol–water partition coefficient (Wildman–Crippen LogP) is 5.16. The molecule has 120 valence electrons. The van der Waals surface area contributed by atoms with Crippen LogP contribution in [0, 0.1) is 0 Å². The lowest BCUT2D eigenvalue weighted by Crippen LogP contribution is -2.57. The fourth-order valence-electron chi connectivity index (χ4n) is 2.29. The first-order valence-electron chi connectivity index (χ1n) is 7.64. The largest absolute Gasteiger partial charge is 0.410 e. The van der Waals surface area contributed by atoms with Gasteiger partial charge in [-0.3, -0.25) is 0 Å². The van der Waals surface area contributed by atoms with E-state index in [1.807, 2.05) is 18.2 Å². The molecule has 1 saturated heterocycles. The highest BCUT2D eigenvalue weighted by molar-refractivity contribution is 7.22. The summed E-state index contributed by atoms with van der Waals surface area (Å²) in [5, 5.41) is 2.08. The molecule has 3 nitrogen and oxygen atoms in total. The molecule has 0 saturated carbocycles. The molecule has 0 spiro atoms. The molecule has 3 rings (SSSR count). The molecule has 22 heavy (non-hydrogen) atoms. The predicted molar refractivity (Wildman–Crippen MR) is 98.9 cm³/mol. The van der Waals surface area contributed by atoms with E-state index >= 15 is 0 Å². The maximum atomic E-state index is 6.44. The molecular formula is C16H23ClN2OSSi. The second-order valence-electron chi connectivity index (χ2n) is 7.51. The lowest BCUT2D eigenvalue weighted by molar-refractivity contribution is 0.149. The molecule has 0 radical (unpaired) electrons. The fraction of sp³-hybridized carbons (Fsp3) is 0.562. The van der Waals surface area contributed by atoms with Crippen LogP contribution in [0.25, 0.3) is 10.2 Å². The standard InChI is InChI=1S/C16H23ClN2OSSi/c1-16(2,3)22(4,5)20-12-9-19(10-12)15-18-13-8-11(17)6-7-14(13)21-15/h6-8,12H,9-10H2,1-5H3. The summed E-state index contributed by atoms with van der Waals surface area (Å²) in [6.07, 6.45) is 0.344. The van der Waals surface area contributed by atoms with Gasteiger partial charge in [-0.15, -0.1) is 0 Å². The SMILES string of the molecule is CC(C)(C)[Si](C)(C)OC1CN(c2nc3cc(Cl)ccc3s2)C1. The van der Waals surface area contributed by atoms with Crippen LogP contribution in [0.5, 0.6) is 0 Å². The van der Waals surface area contributed by atoms with Gasteiger partial charge in [-0.05, 0) is 36.3 Å². The molecule has 2 aromatic rings. The lowest BCUT2D eigenvalue weighted by atomic mass is 10.2. The maximum absolute atomic E-state index is 6.44. The van der Waals surface area contributed by atoms with Gasteiger partial charge in [0.1, 0.15) is 0 Å². The third kappa shape index (κ3) is 3.04. The van der Waals surface area contributed by atoms with Crippen molar-refractivity contribution in [1.82, 2.24) is 4.98 Å². The van der Waals surface area contributed by atoms with Crippen molar-refractivity contribution in [3.05, 3.63) is 23.2 Å². The number of nitrogens with zero attached hydrogens (tertiary/aromatic N) is 2. The Hall–Kier alpha value is -0.623. The van der Waals surface area contributed by atoms with E-state index in [1.165, 1.54) is 4.70 Å². The van der Waals surface area contributed by atoms with Gasteiger partial charge in [0.2, 0.25) is 0 Å². The van der Waals surface area contributed by atoms with Crippen LogP contribution in [0.3, 0.4) is 0 Å². The van der Waals surface area contributed by atoms with E-state index in [0.717, 1.165) is 28.8 Å². The van der Waals surface area contributed by atoms with Crippen LogP contribution in [0.2, 0.25) is 23.2 Å². The van der Waals surface area contributed by atoms with Crippen LogP contribution in [-0.4, -0.2) is 32.5 Å². The average Bonchev–Trinajstić information content (AvgIpc) is 2.74. The van der Waals surface area contributed by atoms with Crippen molar-refractivity contribution in [1.29, 1.82) is 0 Å². The molecule has 1 fully saturated rings. The van der Waals surface area contributed by atoms with Crippen LogP contribution in [0.15, 0.2) is 18.2 Å². The molecule has 1 aromatic carbocycles. The Morgan fingerprint density at radius 2 is 2.00 bits per heavy atom. The van der Waals surface area contributed by atoms with Crippen LogP contribution in [-0.2, 0) is 4.43 Å². The van der Waals surface area contributed by atoms with E-state index in [2.05, 4.69) is 38.8 Å². The molecule has 0 bridgehead atoms. The van der Waals surface area contributed by atoms with Crippen molar-refractivity contribution >= 4 is 46.6 Å². The Balaban J connectivity index is 1.65. The van der Waals surface area contributed by atoms with Gasteiger partial charge in [0, 0.05) is 18.1 Å². The minimum Gasteiger partial charge on any atom is -0.410 e. The molecule has 0 unspecified atom stereocenters. The molecule has 0 N–H and O–H groups in total. The number of hydrogen-bond donors (Lipinski definition) is 0. The fourth-order valence-corrected chi connectivity index (χ4v) is 4.75. The zero-order valence-corrected chi connectivity index (χ0v) is 16.4. The molecule has 1 aromatic heterocycles. The van der Waals surface area contributed by atoms with Crippen molar-refractivity contribution in [3.8, 4) is 0 Å². The third-order valence-electron chi connectivity index (χ3n) is 4.72. The Morgan fingerprint density at radius 3 is 2.64 bits per heavy atom. The Morgan fingerprint density at radius 1 is 1.32 bits per heavy atom. The summed E-state index contributed by atoms with van der Waals surface area (Å²) in [5.41, 5.74) is 0.987. The highest BCUT2D eigenvalue weighted by Gasteiger charge is 2.42. The number of anilines is 1. The first-order valence-corrected chi connectivity index (χ1v) is 11.7. The van der Waals surface area contributed by atoms with Gasteiger partial charge < -0.3 is 9.33 Å². The van der Waals surface area contributed by atoms with Crippen LogP contribution in [0.1, 0.15) is 20.8 Å². The Labute approximate surface area is 142 Å². The molecular weight excluding hydrogens is 332 g/mol. The summed E-state index contributed by atoms with van der Waals surface area (Å²) in [5.74, 6) is 0. The van der Waals surface area contributed by atoms with Gasteiger partial charge in [0.25, 0.3) is 0 Å². The molecule has 1 aliphatic rings. The number of fused-ring (bicyclic) bond motifs is 1. The van der Waals surface area contributed by atoms with E-state index in [0.29, 0.717) is 6.10 Å². The monoisotopic (exact) mass is 354 g/mol. The summed E-state index contributed by atoms with van der Waals surface area (Å²) in [6, 6.07) is 5.90. The minimum atomic E-state index is -1.67. The first-order chi connectivity index (χ1) is 10.2. The summed E-state index contributed by atoms with van der Waals surface area (Å²) in [7, 11) is -1.67. The maximum Gasteiger partial charge on any atom is 0.192 e. The molecule has 2 heterocycles. The zero-order chi connectivity index (χ0) is 16.1. The summed E-state index contributed by atoms with van der Waals surface area (Å²) >= 11 is 7.76. The van der Waals surface area contributed by atoms with Gasteiger partial charge in [-0.2, -0.15) is 0 Å². The molecule has 1 aliphatic heterocycles. The van der Waals surface area contributed by atoms with E-state index in [1.54, 1.807) is 11.3 Å². The van der Waals surface area contributed by atoms with Crippen molar-refractivity contribution in [2.45, 2.75) is 45.0 Å². The summed E-state index contributed by atoms with van der Waals surface area (Å²) in [4.78, 5) is 6.99. The quantitative estimate of drug-likeness (QED) is 0.712. The number of aromatic nitrogens is 1. The third-order valence-corrected chi connectivity index (χ3v) is 10.6. The Kier molecular flexibility index (Phi) is 4.04. The summed E-state index contributed by atoms with van der Waals surface area (Å²) < 4.78 is 7.62. The zero-order valence-electron chi connectivity index (χ0n) is 13.8. The van der Waals surface area contributed by atoms with Gasteiger partial charge >= 0.3 is 0 Å². The number of thiazole rings is 1. The molecule has 0 amide bonds. The van der Waals surface area contributed by atoms with Crippen LogP contribution in [0.4, 0.5) is 5.13 Å². The average molecular weight is 355 g/mol. The van der Waals surface area contributed by atoms with E-state index in [9.17, 15) is 0 Å². The molecule has 6 heteroatoms. The van der Waals surface area contributed by atoms with Crippen LogP contribution >= 0.6 is 22.9 Å². The number of rotatable bonds is 3. The smallest absolute Gasteiger partial charge is 0.192 e. The highest BCUT2D eigenvalue weighted by atomic mass is 35.5. The van der Waals surface area contributed by atoms with E-state index < -0.39 is 8.32 Å². The van der Waals surface area contributed by atoms with Gasteiger partial charge in [-0.1, -0.05) is 43.7 Å². The topological polar surface area (TPSA) is 25.4 Å². The van der Waals surface area contributed by atoms with Gasteiger partial charge in [0.15, 0.2) is 13.4 Å². The van der Waals surface area contributed by atoms with Crippen molar-refractivity contribution in [3.63, 3.8) is 0 Å². The number of halogens is 1.